The van der Waals surface area contributed by atoms with Crippen molar-refractivity contribution in [3.63, 3.8) is 0 Å². The molecule has 0 aliphatic heterocycles. The third kappa shape index (κ3) is 3.26. The summed E-state index contributed by atoms with van der Waals surface area (Å²) in [5, 5.41) is 20.4. The number of nitro groups is 1. The van der Waals surface area contributed by atoms with Gasteiger partial charge in [-0.15, -0.1) is 0 Å². The van der Waals surface area contributed by atoms with E-state index >= 15 is 0 Å². The number of ether oxygens (including phenoxy) is 1. The summed E-state index contributed by atoms with van der Waals surface area (Å²) in [5.41, 5.74) is 0.680. The maximum atomic E-state index is 10.5. The lowest BCUT2D eigenvalue weighted by Crippen LogP contribution is -1.92. The number of nitro benzene ring substituents is 1. The van der Waals surface area contributed by atoms with Crippen LogP contribution in [0.1, 0.15) is 18.6 Å². The van der Waals surface area contributed by atoms with Crippen LogP contribution in [0.15, 0.2) is 42.5 Å². The minimum absolute atomic E-state index is 0.00657. The summed E-state index contributed by atoms with van der Waals surface area (Å²) < 4.78 is 5.54. The highest BCUT2D eigenvalue weighted by Crippen LogP contribution is 2.32. The normalized spacial score (nSPS) is 11.9. The van der Waals surface area contributed by atoms with E-state index in [1.807, 2.05) is 0 Å². The van der Waals surface area contributed by atoms with Crippen molar-refractivity contribution in [2.24, 2.45) is 0 Å². The van der Waals surface area contributed by atoms with Crippen LogP contribution in [0.2, 0.25) is 5.02 Å². The third-order valence-corrected chi connectivity index (χ3v) is 3.01. The van der Waals surface area contributed by atoms with Crippen molar-refractivity contribution < 1.29 is 14.8 Å². The fourth-order valence-electron chi connectivity index (χ4n) is 1.62. The lowest BCUT2D eigenvalue weighted by molar-refractivity contribution is -0.384. The molecule has 0 aromatic heterocycles. The van der Waals surface area contributed by atoms with Gasteiger partial charge in [-0.2, -0.15) is 0 Å². The van der Waals surface area contributed by atoms with Gasteiger partial charge in [-0.05, 0) is 36.8 Å². The maximum Gasteiger partial charge on any atom is 0.269 e. The Hall–Kier alpha value is -2.11. The summed E-state index contributed by atoms with van der Waals surface area (Å²) in [6.45, 7) is 1.64. The zero-order chi connectivity index (χ0) is 14.7. The predicted molar refractivity (Wildman–Crippen MR) is 75.3 cm³/mol. The van der Waals surface area contributed by atoms with E-state index < -0.39 is 11.0 Å². The summed E-state index contributed by atoms with van der Waals surface area (Å²) in [6.07, 6.45) is -0.610. The van der Waals surface area contributed by atoms with Gasteiger partial charge in [0, 0.05) is 12.1 Å². The van der Waals surface area contributed by atoms with Crippen LogP contribution in [0.5, 0.6) is 11.5 Å². The number of benzene rings is 2. The Balaban J connectivity index is 2.19. The second-order valence-corrected chi connectivity index (χ2v) is 4.63. The molecule has 0 radical (unpaired) electrons. The third-order valence-electron chi connectivity index (χ3n) is 2.71. The first-order valence-corrected chi connectivity index (χ1v) is 6.25. The van der Waals surface area contributed by atoms with E-state index in [4.69, 9.17) is 16.3 Å². The average molecular weight is 294 g/mol. The van der Waals surface area contributed by atoms with E-state index in [2.05, 4.69) is 0 Å². The van der Waals surface area contributed by atoms with Gasteiger partial charge in [0.25, 0.3) is 5.69 Å². The molecule has 2 rings (SSSR count). The standard InChI is InChI=1S/C14H12ClNO4/c1-9(17)10-2-7-14(13(15)8-10)20-12-5-3-11(4-6-12)16(18)19/h2-9,17H,1H3/t9-/m1/s1. The Kier molecular flexibility index (Phi) is 4.22. The molecule has 0 aliphatic carbocycles. The van der Waals surface area contributed by atoms with Gasteiger partial charge >= 0.3 is 0 Å². The van der Waals surface area contributed by atoms with E-state index in [0.717, 1.165) is 0 Å². The summed E-state index contributed by atoms with van der Waals surface area (Å²) in [5.74, 6) is 0.868. The number of rotatable bonds is 4. The summed E-state index contributed by atoms with van der Waals surface area (Å²) >= 11 is 6.06. The zero-order valence-electron chi connectivity index (χ0n) is 10.6. The molecular formula is C14H12ClNO4. The molecule has 0 bridgehead atoms. The molecule has 20 heavy (non-hydrogen) atoms. The minimum Gasteiger partial charge on any atom is -0.456 e. The minimum atomic E-state index is -0.610. The Morgan fingerprint density at radius 2 is 1.90 bits per heavy atom. The second kappa shape index (κ2) is 5.90. The number of nitrogens with zero attached hydrogens (tertiary/aromatic N) is 1. The van der Waals surface area contributed by atoms with Crippen molar-refractivity contribution in [1.29, 1.82) is 0 Å². The van der Waals surface area contributed by atoms with Gasteiger partial charge in [-0.1, -0.05) is 17.7 Å². The van der Waals surface area contributed by atoms with Crippen molar-refractivity contribution in [1.82, 2.24) is 0 Å². The number of hydrogen-bond donors (Lipinski definition) is 1. The van der Waals surface area contributed by atoms with Crippen molar-refractivity contribution in [2.45, 2.75) is 13.0 Å². The number of non-ortho nitro benzene ring substituents is 1. The average Bonchev–Trinajstić information content (AvgIpc) is 2.41. The molecule has 0 fully saturated rings. The van der Waals surface area contributed by atoms with E-state index in [1.165, 1.54) is 24.3 Å². The highest BCUT2D eigenvalue weighted by molar-refractivity contribution is 6.32. The first kappa shape index (κ1) is 14.3. The van der Waals surface area contributed by atoms with Crippen LogP contribution in [-0.2, 0) is 0 Å². The number of aliphatic hydroxyl groups is 1. The molecule has 0 heterocycles. The van der Waals surface area contributed by atoms with Gasteiger partial charge < -0.3 is 9.84 Å². The van der Waals surface area contributed by atoms with Gasteiger partial charge in [0.05, 0.1) is 16.0 Å². The predicted octanol–water partition coefficient (Wildman–Crippen LogP) is 4.09. The van der Waals surface area contributed by atoms with E-state index in [1.54, 1.807) is 25.1 Å². The van der Waals surface area contributed by atoms with Gasteiger partial charge in [-0.3, -0.25) is 10.1 Å². The van der Waals surface area contributed by atoms with Gasteiger partial charge in [0.15, 0.2) is 0 Å². The van der Waals surface area contributed by atoms with Crippen LogP contribution in [0.25, 0.3) is 0 Å². The largest absolute Gasteiger partial charge is 0.456 e. The van der Waals surface area contributed by atoms with E-state index in [0.29, 0.717) is 22.1 Å². The van der Waals surface area contributed by atoms with Crippen molar-refractivity contribution in [3.8, 4) is 11.5 Å². The monoisotopic (exact) mass is 293 g/mol. The van der Waals surface area contributed by atoms with Crippen molar-refractivity contribution >= 4 is 17.3 Å². The topological polar surface area (TPSA) is 72.6 Å². The molecule has 0 saturated heterocycles. The van der Waals surface area contributed by atoms with Crippen LogP contribution in [0.4, 0.5) is 5.69 Å². The van der Waals surface area contributed by atoms with Gasteiger partial charge in [-0.25, -0.2) is 0 Å². The lowest BCUT2D eigenvalue weighted by Gasteiger charge is -2.10. The van der Waals surface area contributed by atoms with Crippen LogP contribution < -0.4 is 4.74 Å². The molecule has 0 saturated carbocycles. The first-order valence-electron chi connectivity index (χ1n) is 5.87. The Morgan fingerprint density at radius 1 is 1.25 bits per heavy atom. The molecular weight excluding hydrogens is 282 g/mol. The summed E-state index contributed by atoms with van der Waals surface area (Å²) in [7, 11) is 0. The Bertz CT molecular complexity index is 626. The van der Waals surface area contributed by atoms with E-state index in [9.17, 15) is 15.2 Å². The smallest absolute Gasteiger partial charge is 0.269 e. The Morgan fingerprint density at radius 3 is 2.40 bits per heavy atom. The van der Waals surface area contributed by atoms with Gasteiger partial charge in [0.2, 0.25) is 0 Å². The second-order valence-electron chi connectivity index (χ2n) is 4.22. The molecule has 1 N–H and O–H groups in total. The first-order chi connectivity index (χ1) is 9.47. The number of aliphatic hydroxyl groups excluding tert-OH is 1. The quantitative estimate of drug-likeness (QED) is 0.680. The van der Waals surface area contributed by atoms with Crippen LogP contribution in [-0.4, -0.2) is 10.0 Å². The lowest BCUT2D eigenvalue weighted by atomic mass is 10.1. The molecule has 104 valence electrons. The molecule has 0 aliphatic rings. The van der Waals surface area contributed by atoms with E-state index in [-0.39, 0.29) is 5.69 Å². The summed E-state index contributed by atoms with van der Waals surface area (Å²) in [4.78, 5) is 10.1. The molecule has 2 aromatic carbocycles. The molecule has 0 unspecified atom stereocenters. The van der Waals surface area contributed by atoms with Crippen molar-refractivity contribution in [3.05, 3.63) is 63.2 Å². The molecule has 2 aromatic rings. The zero-order valence-corrected chi connectivity index (χ0v) is 11.4. The number of hydrogen-bond acceptors (Lipinski definition) is 4. The van der Waals surface area contributed by atoms with Crippen LogP contribution >= 0.6 is 11.6 Å². The molecule has 0 amide bonds. The molecule has 1 atom stereocenters. The Labute approximate surface area is 120 Å². The highest BCUT2D eigenvalue weighted by atomic mass is 35.5. The fraction of sp³-hybridized carbons (Fsp3) is 0.143. The van der Waals surface area contributed by atoms with Crippen LogP contribution in [0.3, 0.4) is 0 Å². The fourth-order valence-corrected chi connectivity index (χ4v) is 1.85. The summed E-state index contributed by atoms with van der Waals surface area (Å²) in [6, 6.07) is 10.7. The molecule has 6 heteroatoms. The highest BCUT2D eigenvalue weighted by Gasteiger charge is 2.09. The SMILES string of the molecule is C[C@@H](O)c1ccc(Oc2ccc([N+](=O)[O-])cc2)c(Cl)c1. The van der Waals surface area contributed by atoms with Gasteiger partial charge in [0.1, 0.15) is 11.5 Å². The van der Waals surface area contributed by atoms with Crippen molar-refractivity contribution in [2.75, 3.05) is 0 Å². The number of halogens is 1. The van der Waals surface area contributed by atoms with Crippen LogP contribution in [0, 0.1) is 10.1 Å². The molecule has 5 nitrogen and oxygen atoms in total. The molecule has 0 spiro atoms. The maximum absolute atomic E-state index is 10.5.